The summed E-state index contributed by atoms with van der Waals surface area (Å²) in [5.74, 6) is 1.94. The van der Waals surface area contributed by atoms with Crippen molar-refractivity contribution in [2.75, 3.05) is 0 Å². The summed E-state index contributed by atoms with van der Waals surface area (Å²) in [6.07, 6.45) is 0. The van der Waals surface area contributed by atoms with Crippen molar-refractivity contribution in [3.63, 3.8) is 0 Å². The second-order valence-electron chi connectivity index (χ2n) is 15.4. The van der Waals surface area contributed by atoms with Crippen molar-refractivity contribution in [1.29, 1.82) is 0 Å². The molecule has 0 atom stereocenters. The Morgan fingerprint density at radius 1 is 0.262 bits per heavy atom. The number of aromatic nitrogens is 3. The second-order valence-corrected chi connectivity index (χ2v) is 16.5. The maximum Gasteiger partial charge on any atom is 0.165 e. The van der Waals surface area contributed by atoms with Gasteiger partial charge in [-0.2, -0.15) is 0 Å². The van der Waals surface area contributed by atoms with Gasteiger partial charge in [-0.05, 0) is 77.8 Å². The summed E-state index contributed by atoms with van der Waals surface area (Å²) < 4.78 is 2.42. The van der Waals surface area contributed by atoms with E-state index in [0.29, 0.717) is 17.5 Å². The number of hydrogen-bond acceptors (Lipinski definition) is 4. The molecule has 0 saturated heterocycles. The monoisotopic (exact) mass is 793 g/mol. The van der Waals surface area contributed by atoms with Gasteiger partial charge in [-0.3, -0.25) is 0 Å². The second kappa shape index (κ2) is 14.5. The van der Waals surface area contributed by atoms with Crippen LogP contribution < -0.4 is 0 Å². The summed E-state index contributed by atoms with van der Waals surface area (Å²) in [4.78, 5) is 16.0. The highest BCUT2D eigenvalue weighted by Crippen LogP contribution is 2.45. The largest absolute Gasteiger partial charge is 0.208 e. The minimum absolute atomic E-state index is 0.642. The Balaban J connectivity index is 1.10. The SMILES string of the molecule is c1ccc(-c2nc(-c3c(-c4ccc(-c5ccc(-c6ccccc6)c6ccccc56)c5ccccc45)ccc4ccccc34)nc(-c3cccc4c3sc3ccccc34)n2)cc1. The highest BCUT2D eigenvalue weighted by molar-refractivity contribution is 7.26. The van der Waals surface area contributed by atoms with E-state index < -0.39 is 0 Å². The molecule has 0 saturated carbocycles. The number of thiophene rings is 1. The summed E-state index contributed by atoms with van der Waals surface area (Å²) in [5, 5.41) is 9.49. The van der Waals surface area contributed by atoms with Crippen molar-refractivity contribution < 1.29 is 0 Å². The molecule has 0 aliphatic rings. The number of benzene rings is 10. The zero-order valence-corrected chi connectivity index (χ0v) is 33.8. The summed E-state index contributed by atoms with van der Waals surface area (Å²) in [7, 11) is 0. The van der Waals surface area contributed by atoms with Crippen LogP contribution in [-0.2, 0) is 0 Å². The Labute approximate surface area is 356 Å². The molecule has 2 aromatic heterocycles. The van der Waals surface area contributed by atoms with E-state index in [9.17, 15) is 0 Å². The molecule has 2 heterocycles. The number of fused-ring (bicyclic) bond motifs is 6. The average Bonchev–Trinajstić information content (AvgIpc) is 3.72. The van der Waals surface area contributed by atoms with E-state index in [0.717, 1.165) is 38.6 Å². The number of hydrogen-bond donors (Lipinski definition) is 0. The van der Waals surface area contributed by atoms with Crippen molar-refractivity contribution in [2.24, 2.45) is 0 Å². The summed E-state index contributed by atoms with van der Waals surface area (Å²) >= 11 is 1.79. The highest BCUT2D eigenvalue weighted by atomic mass is 32.1. The van der Waals surface area contributed by atoms with E-state index in [2.05, 4.69) is 194 Å². The molecule has 0 aliphatic heterocycles. The molecule has 0 N–H and O–H groups in total. The van der Waals surface area contributed by atoms with E-state index >= 15 is 0 Å². The van der Waals surface area contributed by atoms with Crippen LogP contribution in [0.5, 0.6) is 0 Å². The fraction of sp³-hybridized carbons (Fsp3) is 0. The maximum atomic E-state index is 5.45. The van der Waals surface area contributed by atoms with Crippen molar-refractivity contribution in [1.82, 2.24) is 15.0 Å². The van der Waals surface area contributed by atoms with E-state index in [-0.39, 0.29) is 0 Å². The quantitative estimate of drug-likeness (QED) is 0.168. The molecule has 0 bridgehead atoms. The van der Waals surface area contributed by atoms with Crippen LogP contribution in [0.15, 0.2) is 212 Å². The standard InChI is InChI=1S/C57H35N3S/c1-3-16-36(17-4-1)39-32-33-45(42-23-10-9-22-41(39)42)46-34-35-47(44-25-12-11-24-43(44)46)49-31-30-37-18-7-8-21-40(37)53(49)57-59-55(38-19-5-2-6-20-38)58-56(60-57)51-28-15-27-50-48-26-13-14-29-52(48)61-54(50)51/h1-35H. The topological polar surface area (TPSA) is 38.7 Å². The Bertz CT molecular complexity index is 3650. The lowest BCUT2D eigenvalue weighted by molar-refractivity contribution is 1.08. The van der Waals surface area contributed by atoms with Gasteiger partial charge < -0.3 is 0 Å². The van der Waals surface area contributed by atoms with Gasteiger partial charge in [0, 0.05) is 36.9 Å². The van der Waals surface area contributed by atoms with Gasteiger partial charge in [-0.15, -0.1) is 11.3 Å². The van der Waals surface area contributed by atoms with Crippen LogP contribution in [-0.4, -0.2) is 15.0 Å². The van der Waals surface area contributed by atoms with Gasteiger partial charge in [0.2, 0.25) is 0 Å². The predicted molar refractivity (Wildman–Crippen MR) is 258 cm³/mol. The molecule has 0 spiro atoms. The summed E-state index contributed by atoms with van der Waals surface area (Å²) in [5.41, 5.74) is 9.98. The molecule has 0 amide bonds. The lowest BCUT2D eigenvalue weighted by Gasteiger charge is -2.18. The highest BCUT2D eigenvalue weighted by Gasteiger charge is 2.22. The van der Waals surface area contributed by atoms with Crippen molar-refractivity contribution in [3.8, 4) is 67.5 Å². The summed E-state index contributed by atoms with van der Waals surface area (Å²) in [6.45, 7) is 0. The molecule has 10 aromatic carbocycles. The van der Waals surface area contributed by atoms with Crippen LogP contribution in [0.1, 0.15) is 0 Å². The lowest BCUT2D eigenvalue weighted by Crippen LogP contribution is -2.02. The van der Waals surface area contributed by atoms with Crippen LogP contribution in [0, 0.1) is 0 Å². The van der Waals surface area contributed by atoms with Gasteiger partial charge in [0.25, 0.3) is 0 Å². The number of nitrogens with zero attached hydrogens (tertiary/aromatic N) is 3. The summed E-state index contributed by atoms with van der Waals surface area (Å²) in [6, 6.07) is 75.8. The third-order valence-corrected chi connectivity index (χ3v) is 13.2. The minimum atomic E-state index is 0.642. The Morgan fingerprint density at radius 2 is 0.738 bits per heavy atom. The van der Waals surface area contributed by atoms with E-state index in [4.69, 9.17) is 15.0 Å². The van der Waals surface area contributed by atoms with Crippen molar-refractivity contribution in [3.05, 3.63) is 212 Å². The van der Waals surface area contributed by atoms with E-state index in [1.54, 1.807) is 11.3 Å². The first-order valence-electron chi connectivity index (χ1n) is 20.6. The average molecular weight is 794 g/mol. The Hall–Kier alpha value is -7.79. The van der Waals surface area contributed by atoms with Crippen LogP contribution in [0.4, 0.5) is 0 Å². The molecule has 12 rings (SSSR count). The number of rotatable bonds is 6. The fourth-order valence-electron chi connectivity index (χ4n) is 9.16. The molecular formula is C57H35N3S. The molecule has 3 nitrogen and oxygen atoms in total. The Kier molecular flexibility index (Phi) is 8.36. The molecule has 284 valence electrons. The van der Waals surface area contributed by atoms with Crippen LogP contribution in [0.25, 0.3) is 120 Å². The third-order valence-electron chi connectivity index (χ3n) is 12.0. The molecule has 4 heteroatoms. The first kappa shape index (κ1) is 35.2. The van der Waals surface area contributed by atoms with Crippen molar-refractivity contribution >= 4 is 63.8 Å². The van der Waals surface area contributed by atoms with Crippen molar-refractivity contribution in [2.45, 2.75) is 0 Å². The molecular weight excluding hydrogens is 759 g/mol. The van der Waals surface area contributed by atoms with Gasteiger partial charge in [0.1, 0.15) is 0 Å². The van der Waals surface area contributed by atoms with Crippen LogP contribution >= 0.6 is 11.3 Å². The molecule has 0 unspecified atom stereocenters. The normalized spacial score (nSPS) is 11.6. The first-order valence-corrected chi connectivity index (χ1v) is 21.4. The Morgan fingerprint density at radius 3 is 1.43 bits per heavy atom. The predicted octanol–water partition coefficient (Wildman–Crippen LogP) is 15.7. The molecule has 0 aliphatic carbocycles. The third kappa shape index (κ3) is 5.91. The molecule has 0 radical (unpaired) electrons. The zero-order chi connectivity index (χ0) is 40.3. The van der Waals surface area contributed by atoms with Gasteiger partial charge in [0.15, 0.2) is 17.5 Å². The molecule has 12 aromatic rings. The van der Waals surface area contributed by atoms with Gasteiger partial charge in [-0.1, -0.05) is 200 Å². The minimum Gasteiger partial charge on any atom is -0.208 e. The van der Waals surface area contributed by atoms with Crippen LogP contribution in [0.2, 0.25) is 0 Å². The fourth-order valence-corrected chi connectivity index (χ4v) is 10.4. The molecule has 61 heavy (non-hydrogen) atoms. The zero-order valence-electron chi connectivity index (χ0n) is 33.0. The first-order chi connectivity index (χ1) is 30.3. The van der Waals surface area contributed by atoms with E-state index in [1.165, 1.54) is 64.0 Å². The smallest absolute Gasteiger partial charge is 0.165 e. The van der Waals surface area contributed by atoms with Crippen LogP contribution in [0.3, 0.4) is 0 Å². The van der Waals surface area contributed by atoms with Gasteiger partial charge in [-0.25, -0.2) is 15.0 Å². The lowest BCUT2D eigenvalue weighted by atomic mass is 9.86. The van der Waals surface area contributed by atoms with Gasteiger partial charge in [0.05, 0.1) is 0 Å². The molecule has 0 fully saturated rings. The van der Waals surface area contributed by atoms with E-state index in [1.807, 2.05) is 18.2 Å². The maximum absolute atomic E-state index is 5.45. The van der Waals surface area contributed by atoms with Gasteiger partial charge >= 0.3 is 0 Å².